The van der Waals surface area contributed by atoms with Crippen LogP contribution in [-0.4, -0.2) is 9.97 Å². The maximum Gasteiger partial charge on any atom is 0.139 e. The summed E-state index contributed by atoms with van der Waals surface area (Å²) in [5.74, 6) is 0.768. The zero-order valence-corrected chi connectivity index (χ0v) is 12.5. The molecule has 0 fully saturated rings. The first-order chi connectivity index (χ1) is 9.15. The van der Waals surface area contributed by atoms with Crippen molar-refractivity contribution in [2.45, 2.75) is 25.7 Å². The molecule has 0 spiro atoms. The van der Waals surface area contributed by atoms with Gasteiger partial charge in [-0.3, -0.25) is 0 Å². The number of benzene rings is 1. The average molecular weight is 311 g/mol. The second-order valence-corrected chi connectivity index (χ2v) is 5.88. The van der Waals surface area contributed by atoms with Crippen LogP contribution in [0.25, 0.3) is 11.4 Å². The van der Waals surface area contributed by atoms with E-state index in [2.05, 4.69) is 9.97 Å². The molecular weight excluding hydrogens is 299 g/mol. The zero-order chi connectivity index (χ0) is 13.4. The van der Waals surface area contributed by atoms with Crippen molar-refractivity contribution in [2.75, 3.05) is 0 Å². The summed E-state index contributed by atoms with van der Waals surface area (Å²) in [6, 6.07) is 5.49. The number of nitrogens with zero attached hydrogens (tertiary/aromatic N) is 1. The van der Waals surface area contributed by atoms with Gasteiger partial charge < -0.3 is 4.98 Å². The second-order valence-electron chi connectivity index (χ2n) is 4.68. The van der Waals surface area contributed by atoms with Crippen LogP contribution < -0.4 is 0 Å². The van der Waals surface area contributed by atoms with E-state index < -0.39 is 0 Å². The Morgan fingerprint density at radius 3 is 2.68 bits per heavy atom. The molecule has 1 aromatic carbocycles. The van der Waals surface area contributed by atoms with Crippen LogP contribution in [0.1, 0.15) is 24.1 Å². The molecule has 2 nitrogen and oxygen atoms in total. The van der Waals surface area contributed by atoms with Crippen molar-refractivity contribution in [2.24, 2.45) is 0 Å². The SMILES string of the molecule is S=c1nc(-c2ccc(Cl)c(Cl)c2)[nH]c2c1CCCC2. The fourth-order valence-corrected chi connectivity index (χ4v) is 3.01. The molecule has 0 radical (unpaired) electrons. The molecule has 0 bridgehead atoms. The molecule has 1 N–H and O–H groups in total. The van der Waals surface area contributed by atoms with E-state index in [1.165, 1.54) is 24.1 Å². The minimum absolute atomic E-state index is 0.526. The van der Waals surface area contributed by atoms with Gasteiger partial charge in [-0.1, -0.05) is 35.4 Å². The van der Waals surface area contributed by atoms with Crippen LogP contribution in [0.2, 0.25) is 10.0 Å². The summed E-state index contributed by atoms with van der Waals surface area (Å²) in [4.78, 5) is 7.87. The zero-order valence-electron chi connectivity index (χ0n) is 10.2. The summed E-state index contributed by atoms with van der Waals surface area (Å²) in [7, 11) is 0. The molecule has 0 unspecified atom stereocenters. The Labute approximate surface area is 126 Å². The highest BCUT2D eigenvalue weighted by Gasteiger charge is 2.14. The summed E-state index contributed by atoms with van der Waals surface area (Å²) in [6.07, 6.45) is 4.45. The quantitative estimate of drug-likeness (QED) is 0.751. The van der Waals surface area contributed by atoms with Crippen molar-refractivity contribution >= 4 is 35.4 Å². The van der Waals surface area contributed by atoms with Gasteiger partial charge in [-0.25, -0.2) is 4.98 Å². The third kappa shape index (κ3) is 2.55. The van der Waals surface area contributed by atoms with Crippen LogP contribution in [0.3, 0.4) is 0 Å². The first kappa shape index (κ1) is 13.1. The molecule has 98 valence electrons. The number of nitrogens with one attached hydrogen (secondary N) is 1. The highest BCUT2D eigenvalue weighted by molar-refractivity contribution is 7.71. The van der Waals surface area contributed by atoms with Gasteiger partial charge in [0, 0.05) is 16.8 Å². The van der Waals surface area contributed by atoms with Gasteiger partial charge >= 0.3 is 0 Å². The predicted molar refractivity (Wildman–Crippen MR) is 81.5 cm³/mol. The maximum absolute atomic E-state index is 6.05. The van der Waals surface area contributed by atoms with Gasteiger partial charge in [-0.15, -0.1) is 0 Å². The molecule has 19 heavy (non-hydrogen) atoms. The first-order valence-electron chi connectivity index (χ1n) is 6.22. The van der Waals surface area contributed by atoms with E-state index in [9.17, 15) is 0 Å². The van der Waals surface area contributed by atoms with Crippen molar-refractivity contribution in [3.8, 4) is 11.4 Å². The Kier molecular flexibility index (Phi) is 3.61. The monoisotopic (exact) mass is 310 g/mol. The van der Waals surface area contributed by atoms with Crippen molar-refractivity contribution in [1.82, 2.24) is 9.97 Å². The van der Waals surface area contributed by atoms with Crippen molar-refractivity contribution in [1.29, 1.82) is 0 Å². The summed E-state index contributed by atoms with van der Waals surface area (Å²) in [5, 5.41) is 1.07. The lowest BCUT2D eigenvalue weighted by Crippen LogP contribution is -2.08. The summed E-state index contributed by atoms with van der Waals surface area (Å²) < 4.78 is 0.703. The average Bonchev–Trinajstić information content (AvgIpc) is 2.42. The molecule has 5 heteroatoms. The molecule has 3 rings (SSSR count). The Bertz CT molecular complexity index is 694. The highest BCUT2D eigenvalue weighted by Crippen LogP contribution is 2.28. The fourth-order valence-electron chi connectivity index (χ4n) is 2.40. The van der Waals surface area contributed by atoms with Crippen molar-refractivity contribution in [3.05, 3.63) is 44.1 Å². The molecule has 1 aliphatic carbocycles. The van der Waals surface area contributed by atoms with Gasteiger partial charge in [0.05, 0.1) is 10.0 Å². The minimum Gasteiger partial charge on any atom is -0.343 e. The lowest BCUT2D eigenvalue weighted by atomic mass is 9.97. The molecule has 2 aromatic rings. The topological polar surface area (TPSA) is 28.7 Å². The fraction of sp³-hybridized carbons (Fsp3) is 0.286. The number of hydrogen-bond acceptors (Lipinski definition) is 2. The van der Waals surface area contributed by atoms with Gasteiger partial charge in [0.25, 0.3) is 0 Å². The van der Waals surface area contributed by atoms with E-state index in [4.69, 9.17) is 35.4 Å². The van der Waals surface area contributed by atoms with Crippen LogP contribution in [0, 0.1) is 4.64 Å². The molecule has 1 heterocycles. The Morgan fingerprint density at radius 1 is 1.11 bits per heavy atom. The van der Waals surface area contributed by atoms with E-state index in [1.54, 1.807) is 6.07 Å². The van der Waals surface area contributed by atoms with Crippen LogP contribution in [-0.2, 0) is 12.8 Å². The Balaban J connectivity index is 2.12. The number of hydrogen-bond donors (Lipinski definition) is 1. The standard InChI is InChI=1S/C14H12Cl2N2S/c15-10-6-5-8(7-11(10)16)13-17-12-4-2-1-3-9(12)14(19)18-13/h5-7H,1-4H2,(H,17,18,19). The van der Waals surface area contributed by atoms with E-state index in [-0.39, 0.29) is 0 Å². The number of halogens is 2. The molecule has 0 saturated carbocycles. The minimum atomic E-state index is 0.526. The number of H-pyrrole nitrogens is 1. The summed E-state index contributed by atoms with van der Waals surface area (Å²) in [5.41, 5.74) is 3.33. The van der Waals surface area contributed by atoms with Gasteiger partial charge in [0.1, 0.15) is 10.5 Å². The number of fused-ring (bicyclic) bond motifs is 1. The van der Waals surface area contributed by atoms with Gasteiger partial charge in [0.15, 0.2) is 0 Å². The summed E-state index contributed by atoms with van der Waals surface area (Å²) in [6.45, 7) is 0. The van der Waals surface area contributed by atoms with Gasteiger partial charge in [0.2, 0.25) is 0 Å². The molecule has 1 aromatic heterocycles. The van der Waals surface area contributed by atoms with E-state index in [0.29, 0.717) is 14.7 Å². The normalized spacial score (nSPS) is 14.2. The summed E-state index contributed by atoms with van der Waals surface area (Å²) >= 11 is 17.4. The molecule has 0 atom stereocenters. The second kappa shape index (κ2) is 5.23. The Hall–Kier alpha value is -0.900. The molecule has 1 aliphatic rings. The third-order valence-electron chi connectivity index (χ3n) is 3.40. The number of aromatic nitrogens is 2. The number of aromatic amines is 1. The highest BCUT2D eigenvalue weighted by atomic mass is 35.5. The Morgan fingerprint density at radius 2 is 1.89 bits per heavy atom. The predicted octanol–water partition coefficient (Wildman–Crippen LogP) is 4.99. The lowest BCUT2D eigenvalue weighted by Gasteiger charge is -2.16. The van der Waals surface area contributed by atoms with Crippen LogP contribution >= 0.6 is 35.4 Å². The van der Waals surface area contributed by atoms with Crippen molar-refractivity contribution in [3.63, 3.8) is 0 Å². The first-order valence-corrected chi connectivity index (χ1v) is 7.39. The maximum atomic E-state index is 6.05. The van der Waals surface area contributed by atoms with Crippen molar-refractivity contribution < 1.29 is 0 Å². The van der Waals surface area contributed by atoms with Crippen LogP contribution in [0.4, 0.5) is 0 Å². The largest absolute Gasteiger partial charge is 0.343 e. The molecule has 0 aliphatic heterocycles. The molecule has 0 saturated heterocycles. The molecule has 0 amide bonds. The number of rotatable bonds is 1. The van der Waals surface area contributed by atoms with E-state index >= 15 is 0 Å². The van der Waals surface area contributed by atoms with E-state index in [1.807, 2.05) is 12.1 Å². The third-order valence-corrected chi connectivity index (χ3v) is 4.48. The van der Waals surface area contributed by atoms with Gasteiger partial charge in [-0.05, 0) is 43.9 Å². The van der Waals surface area contributed by atoms with Gasteiger partial charge in [-0.2, -0.15) is 0 Å². The number of aryl methyl sites for hydroxylation is 1. The molecular formula is C14H12Cl2N2S. The van der Waals surface area contributed by atoms with Crippen LogP contribution in [0.5, 0.6) is 0 Å². The van der Waals surface area contributed by atoms with E-state index in [0.717, 1.165) is 24.2 Å². The smallest absolute Gasteiger partial charge is 0.139 e. The van der Waals surface area contributed by atoms with Crippen LogP contribution in [0.15, 0.2) is 18.2 Å². The lowest BCUT2D eigenvalue weighted by molar-refractivity contribution is 0.661.